The Labute approximate surface area is 73.1 Å². The Bertz CT molecular complexity index is 340. The molecule has 0 atom stereocenters. The van der Waals surface area contributed by atoms with E-state index in [2.05, 4.69) is 15.9 Å². The lowest BCUT2D eigenvalue weighted by Gasteiger charge is -1.94. The summed E-state index contributed by atoms with van der Waals surface area (Å²) in [5, 5.41) is 0. The van der Waals surface area contributed by atoms with Gasteiger partial charge in [0.05, 0.1) is 4.90 Å². The zero-order chi connectivity index (χ0) is 8.43. The molecular weight excluding hydrogens is 235 g/mol. The quantitative estimate of drug-likeness (QED) is 0.754. The number of benzene rings is 1. The lowest BCUT2D eigenvalue weighted by Crippen LogP contribution is -1.83. The molecule has 0 bridgehead atoms. The van der Waals surface area contributed by atoms with Gasteiger partial charge in [-0.25, -0.2) is 12.8 Å². The van der Waals surface area contributed by atoms with Crippen LogP contribution in [0.5, 0.6) is 0 Å². The molecule has 0 fully saturated rings. The maximum absolute atomic E-state index is 12.4. The molecule has 0 spiro atoms. The Hall–Kier alpha value is -0.420. The van der Waals surface area contributed by atoms with Crippen LogP contribution in [0.3, 0.4) is 0 Å². The lowest BCUT2D eigenvalue weighted by atomic mass is 10.3. The summed E-state index contributed by atoms with van der Waals surface area (Å²) in [6, 6.07) is 3.43. The van der Waals surface area contributed by atoms with Gasteiger partial charge in [-0.1, -0.05) is 0 Å². The predicted molar refractivity (Wildman–Crippen MR) is 42.7 cm³/mol. The number of hydrogen-bond acceptors (Lipinski definition) is 2. The van der Waals surface area contributed by atoms with Crippen LogP contribution in [-0.4, -0.2) is 8.42 Å². The van der Waals surface area contributed by atoms with Gasteiger partial charge in [0.15, 0.2) is 10.7 Å². The van der Waals surface area contributed by atoms with Crippen molar-refractivity contribution in [2.75, 3.05) is 0 Å². The molecule has 0 aromatic heterocycles. The zero-order valence-electron chi connectivity index (χ0n) is 5.25. The molecule has 1 aromatic rings. The minimum atomic E-state index is -2.64. The number of thiol groups is 1. The minimum absolute atomic E-state index is 0.0985. The van der Waals surface area contributed by atoms with Crippen LogP contribution in [0, 0.1) is 5.82 Å². The van der Waals surface area contributed by atoms with Crippen LogP contribution >= 0.6 is 15.9 Å². The van der Waals surface area contributed by atoms with E-state index in [1.54, 1.807) is 0 Å². The Balaban J connectivity index is 3.31. The van der Waals surface area contributed by atoms with E-state index in [0.717, 1.165) is 12.1 Å². The molecule has 0 saturated carbocycles. The first-order valence-electron chi connectivity index (χ1n) is 2.70. The molecule has 0 heterocycles. The molecule has 0 saturated heterocycles. The van der Waals surface area contributed by atoms with E-state index in [1.807, 2.05) is 0 Å². The Morgan fingerprint density at radius 3 is 2.45 bits per heavy atom. The van der Waals surface area contributed by atoms with Crippen molar-refractivity contribution in [2.45, 2.75) is 4.90 Å². The van der Waals surface area contributed by atoms with Crippen LogP contribution in [-0.2, 0) is 10.7 Å². The van der Waals surface area contributed by atoms with Gasteiger partial charge in [-0.2, -0.15) is 0 Å². The fourth-order valence-corrected chi connectivity index (χ4v) is 1.85. The van der Waals surface area contributed by atoms with Crippen molar-refractivity contribution >= 4 is 26.6 Å². The first-order valence-corrected chi connectivity index (χ1v) is 4.68. The topological polar surface area (TPSA) is 34.1 Å². The number of rotatable bonds is 1. The van der Waals surface area contributed by atoms with Crippen molar-refractivity contribution in [3.8, 4) is 0 Å². The maximum atomic E-state index is 12.4. The molecule has 0 unspecified atom stereocenters. The highest BCUT2D eigenvalue weighted by Crippen LogP contribution is 2.18. The van der Waals surface area contributed by atoms with Crippen molar-refractivity contribution in [2.24, 2.45) is 0 Å². The Kier molecular flexibility index (Phi) is 2.62. The van der Waals surface area contributed by atoms with Crippen LogP contribution in [0.25, 0.3) is 0 Å². The molecule has 0 aliphatic rings. The van der Waals surface area contributed by atoms with E-state index in [9.17, 15) is 12.8 Å². The average molecular weight is 239 g/mol. The van der Waals surface area contributed by atoms with Crippen LogP contribution in [0.2, 0.25) is 0 Å². The molecular formula is C6H4BrFO2S. The summed E-state index contributed by atoms with van der Waals surface area (Å²) >= 11 is 2.92. The summed E-state index contributed by atoms with van der Waals surface area (Å²) in [5.41, 5.74) is 0. The zero-order valence-corrected chi connectivity index (χ0v) is 7.73. The average Bonchev–Trinajstić information content (AvgIpc) is 1.85. The highest BCUT2D eigenvalue weighted by Gasteiger charge is 2.01. The first-order chi connectivity index (χ1) is 5.11. The van der Waals surface area contributed by atoms with Crippen molar-refractivity contribution in [3.05, 3.63) is 28.5 Å². The van der Waals surface area contributed by atoms with Gasteiger partial charge in [0, 0.05) is 4.47 Å². The highest BCUT2D eigenvalue weighted by molar-refractivity contribution is 9.10. The third-order valence-corrected chi connectivity index (χ3v) is 2.85. The molecule has 0 radical (unpaired) electrons. The second-order valence-electron chi connectivity index (χ2n) is 1.85. The van der Waals surface area contributed by atoms with E-state index in [1.165, 1.54) is 6.07 Å². The summed E-state index contributed by atoms with van der Waals surface area (Å²) in [5.74, 6) is -0.461. The predicted octanol–water partition coefficient (Wildman–Crippen LogP) is 1.56. The summed E-state index contributed by atoms with van der Waals surface area (Å²) in [6.07, 6.45) is 0. The highest BCUT2D eigenvalue weighted by atomic mass is 79.9. The molecule has 60 valence electrons. The normalized spacial score (nSPS) is 10.5. The van der Waals surface area contributed by atoms with E-state index < -0.39 is 16.5 Å². The maximum Gasteiger partial charge on any atom is 0.169 e. The summed E-state index contributed by atoms with van der Waals surface area (Å²) in [7, 11) is -2.64. The van der Waals surface area contributed by atoms with Gasteiger partial charge in [0.1, 0.15) is 5.82 Å². The molecule has 11 heavy (non-hydrogen) atoms. The Morgan fingerprint density at radius 1 is 1.36 bits per heavy atom. The third kappa shape index (κ3) is 2.00. The van der Waals surface area contributed by atoms with Gasteiger partial charge in [-0.15, -0.1) is 0 Å². The number of hydrogen-bond donors (Lipinski definition) is 1. The van der Waals surface area contributed by atoms with Crippen molar-refractivity contribution < 1.29 is 12.8 Å². The molecule has 0 aliphatic heterocycles. The second kappa shape index (κ2) is 3.32. The third-order valence-electron chi connectivity index (χ3n) is 1.11. The first kappa shape index (κ1) is 8.67. The van der Waals surface area contributed by atoms with Crippen molar-refractivity contribution in [1.82, 2.24) is 0 Å². The Morgan fingerprint density at radius 2 is 2.00 bits per heavy atom. The standard InChI is InChI=1S/C6H4BrFO2S/c7-5-3-4(8)1-2-6(5)11(9)10/h1-3,11H. The molecule has 0 aliphatic carbocycles. The van der Waals surface area contributed by atoms with Gasteiger partial charge in [-0.05, 0) is 34.1 Å². The van der Waals surface area contributed by atoms with Crippen LogP contribution in [0.1, 0.15) is 0 Å². The van der Waals surface area contributed by atoms with Crippen LogP contribution in [0.4, 0.5) is 4.39 Å². The summed E-state index contributed by atoms with van der Waals surface area (Å²) in [6.45, 7) is 0. The molecule has 0 N–H and O–H groups in total. The molecule has 2 nitrogen and oxygen atoms in total. The minimum Gasteiger partial charge on any atom is -0.227 e. The van der Waals surface area contributed by atoms with Gasteiger partial charge >= 0.3 is 0 Å². The fraction of sp³-hybridized carbons (Fsp3) is 0. The second-order valence-corrected chi connectivity index (χ2v) is 3.70. The summed E-state index contributed by atoms with van der Waals surface area (Å²) in [4.78, 5) is 0.0985. The van der Waals surface area contributed by atoms with Gasteiger partial charge in [0.25, 0.3) is 0 Å². The van der Waals surface area contributed by atoms with E-state index in [-0.39, 0.29) is 9.37 Å². The van der Waals surface area contributed by atoms with Crippen LogP contribution in [0.15, 0.2) is 27.6 Å². The number of halogens is 2. The van der Waals surface area contributed by atoms with Gasteiger partial charge < -0.3 is 0 Å². The van der Waals surface area contributed by atoms with Gasteiger partial charge in [-0.3, -0.25) is 0 Å². The van der Waals surface area contributed by atoms with E-state index in [0.29, 0.717) is 0 Å². The van der Waals surface area contributed by atoms with Crippen molar-refractivity contribution in [1.29, 1.82) is 0 Å². The molecule has 1 aromatic carbocycles. The van der Waals surface area contributed by atoms with Gasteiger partial charge in [0.2, 0.25) is 0 Å². The smallest absolute Gasteiger partial charge is 0.169 e. The molecule has 1 rings (SSSR count). The monoisotopic (exact) mass is 238 g/mol. The summed E-state index contributed by atoms with van der Waals surface area (Å²) < 4.78 is 33.5. The van der Waals surface area contributed by atoms with Crippen molar-refractivity contribution in [3.63, 3.8) is 0 Å². The van der Waals surface area contributed by atoms with Crippen LogP contribution < -0.4 is 0 Å². The SMILES string of the molecule is O=[SH](=O)c1ccc(F)cc1Br. The lowest BCUT2D eigenvalue weighted by molar-refractivity contribution is 0.611. The molecule has 5 heteroatoms. The largest absolute Gasteiger partial charge is 0.227 e. The molecule has 0 amide bonds. The van der Waals surface area contributed by atoms with E-state index >= 15 is 0 Å². The van der Waals surface area contributed by atoms with E-state index in [4.69, 9.17) is 0 Å². The fourth-order valence-electron chi connectivity index (χ4n) is 0.629.